The fraction of sp³-hybridized carbons (Fsp3) is 0.316. The average Bonchev–Trinajstić information content (AvgIpc) is 3.09. The summed E-state index contributed by atoms with van der Waals surface area (Å²) in [6, 6.07) is 5.66. The van der Waals surface area contributed by atoms with Crippen LogP contribution in [-0.4, -0.2) is 36.1 Å². The van der Waals surface area contributed by atoms with E-state index in [1.54, 1.807) is 20.3 Å². The maximum absolute atomic E-state index is 5.85. The molecular formula is C19H21ClN4O4. The lowest BCUT2D eigenvalue weighted by Crippen LogP contribution is -2.15. The molecule has 0 saturated carbocycles. The van der Waals surface area contributed by atoms with E-state index in [-0.39, 0.29) is 6.61 Å². The normalized spacial score (nSPS) is 10.9. The largest absolute Gasteiger partial charge is 0.493 e. The van der Waals surface area contributed by atoms with Crippen molar-refractivity contribution in [1.29, 1.82) is 0 Å². The first-order chi connectivity index (χ1) is 13.5. The van der Waals surface area contributed by atoms with Gasteiger partial charge in [-0.1, -0.05) is 28.5 Å². The molecule has 0 bridgehead atoms. The van der Waals surface area contributed by atoms with Crippen LogP contribution >= 0.6 is 11.6 Å². The monoisotopic (exact) mass is 404 g/mol. The third kappa shape index (κ3) is 4.52. The van der Waals surface area contributed by atoms with Crippen LogP contribution in [0.15, 0.2) is 34.4 Å². The summed E-state index contributed by atoms with van der Waals surface area (Å²) in [6.07, 6.45) is 0. The number of benzene rings is 1. The molecule has 148 valence electrons. The van der Waals surface area contributed by atoms with Gasteiger partial charge in [0.25, 0.3) is 0 Å². The van der Waals surface area contributed by atoms with Crippen molar-refractivity contribution < 1.29 is 18.8 Å². The molecule has 0 radical (unpaired) electrons. The Bertz CT molecular complexity index is 989. The number of hydrogen-bond acceptors (Lipinski definition) is 8. The smallest absolute Gasteiger partial charge is 0.218 e. The number of nitrogens with one attached hydrogen (secondary N) is 1. The molecule has 0 amide bonds. The van der Waals surface area contributed by atoms with Gasteiger partial charge >= 0.3 is 0 Å². The molecule has 28 heavy (non-hydrogen) atoms. The van der Waals surface area contributed by atoms with Crippen LogP contribution in [0, 0.1) is 6.92 Å². The second-order valence-corrected chi connectivity index (χ2v) is 6.59. The van der Waals surface area contributed by atoms with Crippen molar-refractivity contribution in [2.24, 2.45) is 0 Å². The topological polar surface area (TPSA) is 91.5 Å². The summed E-state index contributed by atoms with van der Waals surface area (Å²) >= 11 is 5.85. The van der Waals surface area contributed by atoms with Crippen molar-refractivity contribution in [1.82, 2.24) is 20.6 Å². The molecule has 8 nitrogen and oxygen atoms in total. The van der Waals surface area contributed by atoms with Crippen molar-refractivity contribution in [3.05, 3.63) is 46.8 Å². The molecule has 9 heteroatoms. The first kappa shape index (κ1) is 19.9. The first-order valence-electron chi connectivity index (χ1n) is 8.52. The fourth-order valence-corrected chi connectivity index (χ4v) is 2.71. The Morgan fingerprint density at radius 2 is 1.89 bits per heavy atom. The predicted molar refractivity (Wildman–Crippen MR) is 105 cm³/mol. The van der Waals surface area contributed by atoms with Crippen molar-refractivity contribution in [2.45, 2.75) is 20.0 Å². The Morgan fingerprint density at radius 3 is 2.54 bits per heavy atom. The number of aryl methyl sites for hydroxylation is 1. The number of rotatable bonds is 9. The van der Waals surface area contributed by atoms with E-state index >= 15 is 0 Å². The minimum Gasteiger partial charge on any atom is -0.493 e. The Balaban J connectivity index is 1.90. The van der Waals surface area contributed by atoms with Crippen molar-refractivity contribution in [2.75, 3.05) is 20.8 Å². The summed E-state index contributed by atoms with van der Waals surface area (Å²) in [5, 5.41) is 12.2. The molecule has 0 atom stereocenters. The van der Waals surface area contributed by atoms with Crippen LogP contribution in [0.3, 0.4) is 0 Å². The van der Waals surface area contributed by atoms with Crippen LogP contribution in [0.4, 0.5) is 0 Å². The van der Waals surface area contributed by atoms with Gasteiger partial charge in [-0.05, 0) is 19.1 Å². The number of methoxy groups -OCH3 is 2. The second-order valence-electron chi connectivity index (χ2n) is 6.06. The van der Waals surface area contributed by atoms with Crippen LogP contribution in [-0.2, 0) is 13.1 Å². The van der Waals surface area contributed by atoms with E-state index in [1.165, 1.54) is 0 Å². The Labute approximate surface area is 167 Å². The molecule has 0 saturated heterocycles. The Kier molecular flexibility index (Phi) is 6.33. The molecule has 2 heterocycles. The highest BCUT2D eigenvalue weighted by Crippen LogP contribution is 2.33. The maximum Gasteiger partial charge on any atom is 0.218 e. The molecule has 2 aromatic heterocycles. The van der Waals surface area contributed by atoms with Gasteiger partial charge < -0.3 is 19.5 Å². The third-order valence-electron chi connectivity index (χ3n) is 4.08. The van der Waals surface area contributed by atoms with E-state index < -0.39 is 0 Å². The lowest BCUT2D eigenvalue weighted by atomic mass is 10.1. The van der Waals surface area contributed by atoms with Crippen LogP contribution in [0.1, 0.15) is 17.0 Å². The highest BCUT2D eigenvalue weighted by atomic mass is 35.5. The van der Waals surface area contributed by atoms with Gasteiger partial charge in [-0.3, -0.25) is 0 Å². The molecule has 0 spiro atoms. The number of nitrogens with zero attached hydrogens (tertiary/aromatic N) is 3. The van der Waals surface area contributed by atoms with E-state index in [2.05, 4.69) is 27.2 Å². The number of ether oxygens (including phenoxy) is 3. The van der Waals surface area contributed by atoms with Gasteiger partial charge in [0, 0.05) is 35.1 Å². The highest BCUT2D eigenvalue weighted by Gasteiger charge is 2.13. The van der Waals surface area contributed by atoms with Gasteiger partial charge in [-0.25, -0.2) is 9.61 Å². The zero-order valence-electron chi connectivity index (χ0n) is 15.9. The van der Waals surface area contributed by atoms with Crippen molar-refractivity contribution in [3.8, 4) is 17.4 Å². The predicted octanol–water partition coefficient (Wildman–Crippen LogP) is 3.36. The fourth-order valence-electron chi connectivity index (χ4n) is 2.65. The Morgan fingerprint density at radius 1 is 1.14 bits per heavy atom. The minimum atomic E-state index is 0.159. The number of fused-ring (bicyclic) bond motifs is 1. The van der Waals surface area contributed by atoms with Gasteiger partial charge in [0.05, 0.1) is 19.7 Å². The molecule has 1 aromatic carbocycles. The first-order valence-corrected chi connectivity index (χ1v) is 8.90. The van der Waals surface area contributed by atoms with E-state index in [4.69, 9.17) is 30.4 Å². The maximum atomic E-state index is 5.85. The summed E-state index contributed by atoms with van der Waals surface area (Å²) < 4.78 is 21.2. The second kappa shape index (κ2) is 8.90. The molecule has 1 N–H and O–H groups in total. The SMILES string of the molecule is C=C(Cl)COc1nc2cc(OC)c(OC)cc2cc1CNCc1nonc1C. The van der Waals surface area contributed by atoms with Gasteiger partial charge in [0.15, 0.2) is 11.5 Å². The Hall–Kier alpha value is -2.84. The number of aromatic nitrogens is 3. The van der Waals surface area contributed by atoms with Gasteiger partial charge in [0.1, 0.15) is 18.0 Å². The molecule has 3 rings (SSSR count). The van der Waals surface area contributed by atoms with E-state index in [9.17, 15) is 0 Å². The summed E-state index contributed by atoms with van der Waals surface area (Å²) in [4.78, 5) is 4.62. The zero-order chi connectivity index (χ0) is 20.1. The quantitative estimate of drug-likeness (QED) is 0.580. The minimum absolute atomic E-state index is 0.159. The van der Waals surface area contributed by atoms with Crippen LogP contribution in [0.2, 0.25) is 0 Å². The average molecular weight is 405 g/mol. The van der Waals surface area contributed by atoms with Crippen LogP contribution < -0.4 is 19.5 Å². The van der Waals surface area contributed by atoms with Crippen molar-refractivity contribution >= 4 is 22.5 Å². The van der Waals surface area contributed by atoms with E-state index in [0.717, 1.165) is 22.3 Å². The number of hydrogen-bond donors (Lipinski definition) is 1. The van der Waals surface area contributed by atoms with Crippen molar-refractivity contribution in [3.63, 3.8) is 0 Å². The summed E-state index contributed by atoms with van der Waals surface area (Å²) in [7, 11) is 3.18. The molecule has 0 fully saturated rings. The number of halogens is 1. The summed E-state index contributed by atoms with van der Waals surface area (Å²) in [5.41, 5.74) is 3.06. The lowest BCUT2D eigenvalue weighted by molar-refractivity contribution is 0.300. The molecule has 0 unspecified atom stereocenters. The third-order valence-corrected chi connectivity index (χ3v) is 4.19. The summed E-state index contributed by atoms with van der Waals surface area (Å²) in [6.45, 7) is 6.65. The molecule has 0 aliphatic rings. The van der Waals surface area contributed by atoms with Crippen LogP contribution in [0.25, 0.3) is 10.9 Å². The lowest BCUT2D eigenvalue weighted by Gasteiger charge is -2.14. The number of pyridine rings is 1. The highest BCUT2D eigenvalue weighted by molar-refractivity contribution is 6.29. The summed E-state index contributed by atoms with van der Waals surface area (Å²) in [5.74, 6) is 1.68. The standard InChI is InChI=1S/C19H21ClN4O4/c1-11(20)10-27-19-14(8-21-9-16-12(2)23-28-24-16)5-13-6-17(25-3)18(26-4)7-15(13)22-19/h5-7,21H,1,8-10H2,2-4H3. The molecule has 3 aromatic rings. The van der Waals surface area contributed by atoms with E-state index in [0.29, 0.717) is 41.0 Å². The van der Waals surface area contributed by atoms with E-state index in [1.807, 2.05) is 19.1 Å². The molecular weight excluding hydrogens is 384 g/mol. The van der Waals surface area contributed by atoms with Gasteiger partial charge in [-0.2, -0.15) is 0 Å². The molecule has 0 aliphatic heterocycles. The molecule has 0 aliphatic carbocycles. The van der Waals surface area contributed by atoms with Gasteiger partial charge in [-0.15, -0.1) is 0 Å². The van der Waals surface area contributed by atoms with Crippen LogP contribution in [0.5, 0.6) is 17.4 Å². The zero-order valence-corrected chi connectivity index (χ0v) is 16.7. The van der Waals surface area contributed by atoms with Gasteiger partial charge in [0.2, 0.25) is 5.88 Å².